The molecule has 2 amide bonds. The molecule has 4 N–H and O–H groups in total. The Labute approximate surface area is 146 Å². The van der Waals surface area contributed by atoms with E-state index in [-0.39, 0.29) is 24.2 Å². The lowest BCUT2D eigenvalue weighted by atomic mass is 10.1. The van der Waals surface area contributed by atoms with E-state index in [2.05, 4.69) is 10.6 Å². The van der Waals surface area contributed by atoms with E-state index in [0.717, 1.165) is 5.75 Å². The molecule has 22 heavy (non-hydrogen) atoms. The number of hydrogen-bond donors (Lipinski definition) is 3. The standard InChI is InChI=1S/C14H20ClN3O2S.ClH/c1-21-9-6-12(14(20)17-8-7-16)18-13(19)10-4-2-3-5-11(10)15;/h2-5,12H,6-9,16H2,1H3,(H,17,20)(H,18,19);1H. The average Bonchev–Trinajstić information content (AvgIpc) is 2.49. The zero-order chi connectivity index (χ0) is 15.7. The minimum absolute atomic E-state index is 0. The molecular weight excluding hydrogens is 345 g/mol. The topological polar surface area (TPSA) is 84.2 Å². The molecule has 1 rings (SSSR count). The third-order valence-corrected chi connectivity index (χ3v) is 3.77. The van der Waals surface area contributed by atoms with Gasteiger partial charge >= 0.3 is 0 Å². The van der Waals surface area contributed by atoms with Gasteiger partial charge in [0.25, 0.3) is 5.91 Å². The van der Waals surface area contributed by atoms with Crippen LogP contribution in [0.25, 0.3) is 0 Å². The first kappa shape index (κ1) is 21.0. The minimum Gasteiger partial charge on any atom is -0.353 e. The SMILES string of the molecule is CSCCC(NC(=O)c1ccccc1Cl)C(=O)NCCN.Cl. The second-order valence-corrected chi connectivity index (χ2v) is 5.76. The van der Waals surface area contributed by atoms with E-state index in [0.29, 0.717) is 30.1 Å². The number of thioether (sulfide) groups is 1. The molecule has 0 aliphatic rings. The maximum Gasteiger partial charge on any atom is 0.253 e. The average molecular weight is 366 g/mol. The molecular formula is C14H21Cl2N3O2S. The number of carbonyl (C=O) groups excluding carboxylic acids is 2. The van der Waals surface area contributed by atoms with Crippen LogP contribution in [0.3, 0.4) is 0 Å². The summed E-state index contributed by atoms with van der Waals surface area (Å²) in [6, 6.07) is 6.15. The minimum atomic E-state index is -0.590. The highest BCUT2D eigenvalue weighted by Gasteiger charge is 2.21. The van der Waals surface area contributed by atoms with Crippen LogP contribution in [-0.2, 0) is 4.79 Å². The summed E-state index contributed by atoms with van der Waals surface area (Å²) < 4.78 is 0. The summed E-state index contributed by atoms with van der Waals surface area (Å²) in [5.41, 5.74) is 5.73. The van der Waals surface area contributed by atoms with Gasteiger partial charge in [0.05, 0.1) is 10.6 Å². The van der Waals surface area contributed by atoms with Crippen molar-refractivity contribution in [2.45, 2.75) is 12.5 Å². The van der Waals surface area contributed by atoms with Crippen LogP contribution in [0.5, 0.6) is 0 Å². The molecule has 0 fully saturated rings. The Morgan fingerprint density at radius 1 is 1.36 bits per heavy atom. The van der Waals surface area contributed by atoms with Crippen molar-refractivity contribution in [3.63, 3.8) is 0 Å². The molecule has 1 atom stereocenters. The van der Waals surface area contributed by atoms with E-state index in [1.807, 2.05) is 6.26 Å². The lowest BCUT2D eigenvalue weighted by Gasteiger charge is -2.18. The molecule has 0 aliphatic carbocycles. The smallest absolute Gasteiger partial charge is 0.253 e. The van der Waals surface area contributed by atoms with E-state index in [4.69, 9.17) is 17.3 Å². The largest absolute Gasteiger partial charge is 0.353 e. The van der Waals surface area contributed by atoms with Crippen LogP contribution < -0.4 is 16.4 Å². The fourth-order valence-electron chi connectivity index (χ4n) is 1.70. The summed E-state index contributed by atoms with van der Waals surface area (Å²) in [6.45, 7) is 0.746. The summed E-state index contributed by atoms with van der Waals surface area (Å²) in [5, 5.41) is 5.78. The molecule has 0 saturated carbocycles. The third-order valence-electron chi connectivity index (χ3n) is 2.79. The molecule has 1 unspecified atom stereocenters. The van der Waals surface area contributed by atoms with Crippen molar-refractivity contribution in [3.05, 3.63) is 34.9 Å². The van der Waals surface area contributed by atoms with Crippen LogP contribution in [0.4, 0.5) is 0 Å². The van der Waals surface area contributed by atoms with Crippen LogP contribution in [0, 0.1) is 0 Å². The molecule has 1 aromatic carbocycles. The van der Waals surface area contributed by atoms with Crippen molar-refractivity contribution in [1.29, 1.82) is 0 Å². The number of amides is 2. The van der Waals surface area contributed by atoms with Crippen LogP contribution >= 0.6 is 35.8 Å². The summed E-state index contributed by atoms with van der Waals surface area (Å²) in [6.07, 6.45) is 2.50. The van der Waals surface area contributed by atoms with Crippen LogP contribution in [-0.4, -0.2) is 43.0 Å². The first-order valence-corrected chi connectivity index (χ1v) is 8.39. The highest BCUT2D eigenvalue weighted by molar-refractivity contribution is 7.98. The predicted octanol–water partition coefficient (Wildman–Crippen LogP) is 1.69. The number of rotatable bonds is 8. The first-order chi connectivity index (χ1) is 10.1. The fourth-order valence-corrected chi connectivity index (χ4v) is 2.40. The fraction of sp³-hybridized carbons (Fsp3) is 0.429. The lowest BCUT2D eigenvalue weighted by Crippen LogP contribution is -2.48. The summed E-state index contributed by atoms with van der Waals surface area (Å²) in [7, 11) is 0. The zero-order valence-corrected chi connectivity index (χ0v) is 14.7. The van der Waals surface area contributed by atoms with Crippen molar-refractivity contribution in [2.24, 2.45) is 5.73 Å². The molecule has 8 heteroatoms. The van der Waals surface area contributed by atoms with E-state index in [1.165, 1.54) is 0 Å². The first-order valence-electron chi connectivity index (χ1n) is 6.62. The Kier molecular flexibility index (Phi) is 11.1. The molecule has 0 aliphatic heterocycles. The van der Waals surface area contributed by atoms with Crippen molar-refractivity contribution < 1.29 is 9.59 Å². The predicted molar refractivity (Wildman–Crippen MR) is 95.0 cm³/mol. The Bertz CT molecular complexity index is 489. The molecule has 0 radical (unpaired) electrons. The number of halogens is 2. The molecule has 0 aromatic heterocycles. The second kappa shape index (κ2) is 11.6. The zero-order valence-electron chi connectivity index (χ0n) is 12.3. The Hall–Kier alpha value is -0.950. The van der Waals surface area contributed by atoms with E-state index in [1.54, 1.807) is 36.0 Å². The van der Waals surface area contributed by atoms with E-state index >= 15 is 0 Å². The lowest BCUT2D eigenvalue weighted by molar-refractivity contribution is -0.122. The summed E-state index contributed by atoms with van der Waals surface area (Å²) >= 11 is 7.60. The molecule has 5 nitrogen and oxygen atoms in total. The summed E-state index contributed by atoms with van der Waals surface area (Å²) in [4.78, 5) is 24.2. The highest BCUT2D eigenvalue weighted by atomic mass is 35.5. The Morgan fingerprint density at radius 2 is 2.05 bits per heavy atom. The van der Waals surface area contributed by atoms with Gasteiger partial charge in [-0.2, -0.15) is 11.8 Å². The molecule has 124 valence electrons. The number of carbonyl (C=O) groups is 2. The van der Waals surface area contributed by atoms with Crippen molar-refractivity contribution in [1.82, 2.24) is 10.6 Å². The maximum atomic E-state index is 12.2. The molecule has 0 bridgehead atoms. The van der Waals surface area contributed by atoms with Gasteiger partial charge < -0.3 is 16.4 Å². The summed E-state index contributed by atoms with van der Waals surface area (Å²) in [5.74, 6) is 0.188. The third kappa shape index (κ3) is 6.87. The van der Waals surface area contributed by atoms with Gasteiger partial charge in [-0.1, -0.05) is 23.7 Å². The van der Waals surface area contributed by atoms with Crippen LogP contribution in [0.1, 0.15) is 16.8 Å². The van der Waals surface area contributed by atoms with Crippen LogP contribution in [0.15, 0.2) is 24.3 Å². The second-order valence-electron chi connectivity index (χ2n) is 4.37. The Balaban J connectivity index is 0.00000441. The van der Waals surface area contributed by atoms with Crippen molar-refractivity contribution >= 4 is 47.6 Å². The molecule has 0 spiro atoms. The normalized spacial score (nSPS) is 11.2. The van der Waals surface area contributed by atoms with Gasteiger partial charge in [0.2, 0.25) is 5.91 Å². The van der Waals surface area contributed by atoms with Gasteiger partial charge in [-0.25, -0.2) is 0 Å². The monoisotopic (exact) mass is 365 g/mol. The number of nitrogens with one attached hydrogen (secondary N) is 2. The maximum absolute atomic E-state index is 12.2. The quantitative estimate of drug-likeness (QED) is 0.654. The number of nitrogens with two attached hydrogens (primary N) is 1. The van der Waals surface area contributed by atoms with Crippen LogP contribution in [0.2, 0.25) is 5.02 Å². The highest BCUT2D eigenvalue weighted by Crippen LogP contribution is 2.15. The van der Waals surface area contributed by atoms with Gasteiger partial charge in [0, 0.05) is 13.1 Å². The van der Waals surface area contributed by atoms with Gasteiger partial charge in [-0.15, -0.1) is 12.4 Å². The Morgan fingerprint density at radius 3 is 2.64 bits per heavy atom. The van der Waals surface area contributed by atoms with Gasteiger partial charge in [0.1, 0.15) is 6.04 Å². The molecule has 0 saturated heterocycles. The van der Waals surface area contributed by atoms with Gasteiger partial charge in [0.15, 0.2) is 0 Å². The van der Waals surface area contributed by atoms with Crippen molar-refractivity contribution in [3.8, 4) is 0 Å². The van der Waals surface area contributed by atoms with Gasteiger partial charge in [-0.3, -0.25) is 9.59 Å². The van der Waals surface area contributed by atoms with Crippen molar-refractivity contribution in [2.75, 3.05) is 25.1 Å². The number of hydrogen-bond acceptors (Lipinski definition) is 4. The van der Waals surface area contributed by atoms with Gasteiger partial charge in [-0.05, 0) is 30.6 Å². The van der Waals surface area contributed by atoms with E-state index in [9.17, 15) is 9.59 Å². The molecule has 0 heterocycles. The number of benzene rings is 1. The molecule has 1 aromatic rings. The van der Waals surface area contributed by atoms with E-state index < -0.39 is 6.04 Å².